The van der Waals surface area contributed by atoms with E-state index in [0.717, 1.165) is 18.4 Å². The fourth-order valence-corrected chi connectivity index (χ4v) is 2.17. The van der Waals surface area contributed by atoms with Crippen LogP contribution in [0.5, 0.6) is 0 Å². The van der Waals surface area contributed by atoms with Crippen LogP contribution in [0.1, 0.15) is 18.4 Å². The minimum absolute atomic E-state index is 0. The van der Waals surface area contributed by atoms with Gasteiger partial charge in [-0.15, -0.1) is 12.4 Å². The summed E-state index contributed by atoms with van der Waals surface area (Å²) in [5.74, 6) is -0.186. The van der Waals surface area contributed by atoms with E-state index in [9.17, 15) is 4.79 Å². The smallest absolute Gasteiger partial charge is 0.239 e. The van der Waals surface area contributed by atoms with Crippen molar-refractivity contribution in [1.82, 2.24) is 5.32 Å². The van der Waals surface area contributed by atoms with Crippen LogP contribution in [0.3, 0.4) is 0 Å². The van der Waals surface area contributed by atoms with Gasteiger partial charge in [0.15, 0.2) is 0 Å². The molecule has 1 fully saturated rings. The number of nitrogens with two attached hydrogens (primary N) is 1. The maximum atomic E-state index is 11.9. The molecule has 1 aromatic carbocycles. The number of hydrogen-bond donors (Lipinski definition) is 2. The van der Waals surface area contributed by atoms with Gasteiger partial charge >= 0.3 is 0 Å². The van der Waals surface area contributed by atoms with Crippen molar-refractivity contribution < 1.29 is 9.53 Å². The topological polar surface area (TPSA) is 64.3 Å². The Hall–Kier alpha value is -0.810. The van der Waals surface area contributed by atoms with E-state index in [4.69, 9.17) is 22.1 Å². The Kier molecular flexibility index (Phi) is 5.62. The zero-order chi connectivity index (χ0) is 13.2. The van der Waals surface area contributed by atoms with Crippen LogP contribution in [-0.4, -0.2) is 25.7 Å². The molecule has 0 bridgehead atoms. The van der Waals surface area contributed by atoms with Gasteiger partial charge in [-0.25, -0.2) is 0 Å². The first kappa shape index (κ1) is 16.2. The third-order valence-corrected chi connectivity index (χ3v) is 3.41. The lowest BCUT2D eigenvalue weighted by molar-refractivity contribution is -0.124. The van der Waals surface area contributed by atoms with E-state index >= 15 is 0 Å². The van der Waals surface area contributed by atoms with Crippen molar-refractivity contribution in [2.75, 3.05) is 13.7 Å². The van der Waals surface area contributed by atoms with E-state index in [-0.39, 0.29) is 30.5 Å². The quantitative estimate of drug-likeness (QED) is 0.872. The summed E-state index contributed by atoms with van der Waals surface area (Å²) in [5, 5.41) is 3.67. The molecule has 0 saturated heterocycles. The van der Waals surface area contributed by atoms with Gasteiger partial charge in [0.1, 0.15) is 6.04 Å². The van der Waals surface area contributed by atoms with Gasteiger partial charge in [0.25, 0.3) is 0 Å². The first-order valence-corrected chi connectivity index (χ1v) is 6.28. The number of nitrogens with one attached hydrogen (secondary N) is 1. The maximum Gasteiger partial charge on any atom is 0.239 e. The third-order valence-electron chi connectivity index (χ3n) is 3.17. The van der Waals surface area contributed by atoms with Crippen molar-refractivity contribution in [2.24, 2.45) is 5.73 Å². The molecule has 0 radical (unpaired) electrons. The number of carbonyl (C=O) groups excluding carboxylic acids is 1. The summed E-state index contributed by atoms with van der Waals surface area (Å²) >= 11 is 5.97. The number of amides is 1. The molecule has 0 heterocycles. The van der Waals surface area contributed by atoms with Gasteiger partial charge in [-0.1, -0.05) is 23.7 Å². The number of carbonyl (C=O) groups is 1. The van der Waals surface area contributed by atoms with Crippen LogP contribution >= 0.6 is 24.0 Å². The summed E-state index contributed by atoms with van der Waals surface area (Å²) in [6.45, 7) is 0.220. The summed E-state index contributed by atoms with van der Waals surface area (Å²) < 4.78 is 4.88. The van der Waals surface area contributed by atoms with Gasteiger partial charge in [-0.3, -0.25) is 4.79 Å². The van der Waals surface area contributed by atoms with Crippen molar-refractivity contribution in [3.8, 4) is 0 Å². The van der Waals surface area contributed by atoms with E-state index in [0.29, 0.717) is 5.02 Å². The molecule has 0 aromatic heterocycles. The molecule has 2 rings (SSSR count). The second-order valence-electron chi connectivity index (χ2n) is 4.64. The Bertz CT molecular complexity index is 450. The molecule has 1 amide bonds. The lowest BCUT2D eigenvalue weighted by atomic mass is 10.0. The molecule has 19 heavy (non-hydrogen) atoms. The summed E-state index contributed by atoms with van der Waals surface area (Å²) in [6.07, 6.45) is 1.83. The Labute approximate surface area is 124 Å². The lowest BCUT2D eigenvalue weighted by Gasteiger charge is -2.20. The SMILES string of the molecule is COCC(N)C(=O)NC1(c2cccc(Cl)c2)CC1.Cl. The average molecular weight is 305 g/mol. The Morgan fingerprint density at radius 2 is 2.26 bits per heavy atom. The molecule has 1 aromatic rings. The van der Waals surface area contributed by atoms with Crippen molar-refractivity contribution >= 4 is 29.9 Å². The minimum atomic E-state index is -0.633. The highest BCUT2D eigenvalue weighted by Gasteiger charge is 2.46. The largest absolute Gasteiger partial charge is 0.383 e. The monoisotopic (exact) mass is 304 g/mol. The molecule has 4 nitrogen and oxygen atoms in total. The Morgan fingerprint density at radius 1 is 1.58 bits per heavy atom. The third kappa shape index (κ3) is 3.83. The van der Waals surface area contributed by atoms with Crippen LogP contribution in [0.2, 0.25) is 5.02 Å². The van der Waals surface area contributed by atoms with Gasteiger partial charge in [-0.2, -0.15) is 0 Å². The summed E-state index contributed by atoms with van der Waals surface area (Å²) in [6, 6.07) is 6.93. The molecule has 0 spiro atoms. The molecule has 1 unspecified atom stereocenters. The molecule has 1 aliphatic rings. The van der Waals surface area contributed by atoms with Gasteiger partial charge in [-0.05, 0) is 30.5 Å². The van der Waals surface area contributed by atoms with Gasteiger partial charge < -0.3 is 15.8 Å². The molecule has 3 N–H and O–H groups in total. The number of methoxy groups -OCH3 is 1. The van der Waals surface area contributed by atoms with Gasteiger partial charge in [0.2, 0.25) is 5.91 Å². The highest BCUT2D eigenvalue weighted by atomic mass is 35.5. The van der Waals surface area contributed by atoms with Crippen LogP contribution in [-0.2, 0) is 15.1 Å². The first-order valence-electron chi connectivity index (χ1n) is 5.90. The predicted octanol–water partition coefficient (Wildman–Crippen LogP) is 1.84. The standard InChI is InChI=1S/C13H17ClN2O2.ClH/c1-18-8-11(15)12(17)16-13(5-6-13)9-3-2-4-10(14)7-9;/h2-4,7,11H,5-6,8,15H2,1H3,(H,16,17);1H. The van der Waals surface area contributed by atoms with Crippen LogP contribution in [0.25, 0.3) is 0 Å². The van der Waals surface area contributed by atoms with Crippen LogP contribution in [0.15, 0.2) is 24.3 Å². The number of benzene rings is 1. The van der Waals surface area contributed by atoms with E-state index < -0.39 is 6.04 Å². The zero-order valence-corrected chi connectivity index (χ0v) is 12.3. The van der Waals surface area contributed by atoms with Gasteiger partial charge in [0.05, 0.1) is 12.1 Å². The highest BCUT2D eigenvalue weighted by Crippen LogP contribution is 2.45. The second-order valence-corrected chi connectivity index (χ2v) is 5.08. The number of rotatable bonds is 5. The maximum absolute atomic E-state index is 11.9. The summed E-state index contributed by atoms with van der Waals surface area (Å²) in [5.41, 5.74) is 6.46. The number of ether oxygens (including phenoxy) is 1. The Morgan fingerprint density at radius 3 is 2.79 bits per heavy atom. The molecule has 1 saturated carbocycles. The van der Waals surface area contributed by atoms with Crippen molar-refractivity contribution in [3.63, 3.8) is 0 Å². The second kappa shape index (κ2) is 6.57. The average Bonchev–Trinajstić information content (AvgIpc) is 3.10. The molecule has 6 heteroatoms. The van der Waals surface area contributed by atoms with Crippen molar-refractivity contribution in [3.05, 3.63) is 34.9 Å². The first-order chi connectivity index (χ1) is 8.57. The zero-order valence-electron chi connectivity index (χ0n) is 10.7. The fraction of sp³-hybridized carbons (Fsp3) is 0.462. The van der Waals surface area contributed by atoms with E-state index in [2.05, 4.69) is 5.32 Å². The lowest BCUT2D eigenvalue weighted by Crippen LogP contribution is -2.47. The summed E-state index contributed by atoms with van der Waals surface area (Å²) in [7, 11) is 1.52. The molecule has 0 aliphatic heterocycles. The van der Waals surface area contributed by atoms with Crippen molar-refractivity contribution in [2.45, 2.75) is 24.4 Å². The number of hydrogen-bond acceptors (Lipinski definition) is 3. The summed E-state index contributed by atoms with van der Waals surface area (Å²) in [4.78, 5) is 11.9. The number of halogens is 2. The predicted molar refractivity (Wildman–Crippen MR) is 77.6 cm³/mol. The molecule has 106 valence electrons. The van der Waals surface area contributed by atoms with Gasteiger partial charge in [0, 0.05) is 12.1 Å². The fourth-order valence-electron chi connectivity index (χ4n) is 1.98. The van der Waals surface area contributed by atoms with Crippen molar-refractivity contribution in [1.29, 1.82) is 0 Å². The van der Waals surface area contributed by atoms with Crippen LogP contribution < -0.4 is 11.1 Å². The van der Waals surface area contributed by atoms with Crippen LogP contribution in [0, 0.1) is 0 Å². The molecule has 1 atom stereocenters. The van der Waals surface area contributed by atoms with Crippen LogP contribution in [0.4, 0.5) is 0 Å². The van der Waals surface area contributed by atoms with E-state index in [1.165, 1.54) is 7.11 Å². The highest BCUT2D eigenvalue weighted by molar-refractivity contribution is 6.30. The Balaban J connectivity index is 0.00000180. The minimum Gasteiger partial charge on any atom is -0.383 e. The normalized spacial score (nSPS) is 17.2. The van der Waals surface area contributed by atoms with E-state index in [1.54, 1.807) is 0 Å². The molecular formula is C13H18Cl2N2O2. The molecular weight excluding hydrogens is 287 g/mol. The van der Waals surface area contributed by atoms with E-state index in [1.807, 2.05) is 24.3 Å². The molecule has 1 aliphatic carbocycles.